The van der Waals surface area contributed by atoms with Crippen molar-refractivity contribution in [1.82, 2.24) is 4.57 Å². The first-order valence-corrected chi connectivity index (χ1v) is 21.0. The van der Waals surface area contributed by atoms with E-state index in [-0.39, 0.29) is 0 Å². The summed E-state index contributed by atoms with van der Waals surface area (Å²) in [5.74, 6) is 0. The zero-order valence-electron chi connectivity index (χ0n) is 32.1. The first kappa shape index (κ1) is 33.7. The molecule has 12 aromatic rings. The molecule has 0 aliphatic carbocycles. The molecule has 2 heterocycles. The number of aromatic nitrogens is 1. The van der Waals surface area contributed by atoms with Gasteiger partial charge in [0, 0.05) is 53.7 Å². The Kier molecular flexibility index (Phi) is 7.75. The Hall–Kier alpha value is -7.46. The van der Waals surface area contributed by atoms with Gasteiger partial charge in [-0.25, -0.2) is 0 Å². The van der Waals surface area contributed by atoms with Crippen LogP contribution >= 0.6 is 11.3 Å². The summed E-state index contributed by atoms with van der Waals surface area (Å²) in [6.07, 6.45) is 0. The Morgan fingerprint density at radius 2 is 1.00 bits per heavy atom. The second-order valence-corrected chi connectivity index (χ2v) is 16.4. The van der Waals surface area contributed by atoms with Crippen LogP contribution in [0.1, 0.15) is 0 Å². The third kappa shape index (κ3) is 5.55. The number of hydrogen-bond donors (Lipinski definition) is 0. The molecule has 3 heteroatoms. The van der Waals surface area contributed by atoms with E-state index in [1.165, 1.54) is 85.8 Å². The van der Waals surface area contributed by atoms with Crippen LogP contribution in [0, 0.1) is 0 Å². The molecule has 0 atom stereocenters. The van der Waals surface area contributed by atoms with Crippen LogP contribution < -0.4 is 4.90 Å². The fourth-order valence-electron chi connectivity index (χ4n) is 9.23. The predicted molar refractivity (Wildman–Crippen MR) is 254 cm³/mol. The number of hydrogen-bond acceptors (Lipinski definition) is 2. The van der Waals surface area contributed by atoms with Crippen LogP contribution in [0.5, 0.6) is 0 Å². The summed E-state index contributed by atoms with van der Waals surface area (Å²) in [6, 6.07) is 80.0. The monoisotopic (exact) mass is 768 g/mol. The zero-order valence-corrected chi connectivity index (χ0v) is 32.9. The second-order valence-electron chi connectivity index (χ2n) is 15.3. The topological polar surface area (TPSA) is 8.17 Å². The molecule has 0 aliphatic rings. The van der Waals surface area contributed by atoms with E-state index in [0.29, 0.717) is 0 Å². The summed E-state index contributed by atoms with van der Waals surface area (Å²) in [6.45, 7) is 0. The number of fused-ring (bicyclic) bond motifs is 9. The van der Waals surface area contributed by atoms with Crippen molar-refractivity contribution in [2.45, 2.75) is 0 Å². The Morgan fingerprint density at radius 3 is 1.85 bits per heavy atom. The molecule has 0 bridgehead atoms. The van der Waals surface area contributed by atoms with E-state index in [2.05, 4.69) is 228 Å². The van der Waals surface area contributed by atoms with Gasteiger partial charge < -0.3 is 9.47 Å². The van der Waals surface area contributed by atoms with Crippen LogP contribution in [0.2, 0.25) is 0 Å². The van der Waals surface area contributed by atoms with Crippen molar-refractivity contribution in [3.05, 3.63) is 218 Å². The molecule has 0 saturated heterocycles. The van der Waals surface area contributed by atoms with E-state index in [1.54, 1.807) is 0 Å². The van der Waals surface area contributed by atoms with Crippen molar-refractivity contribution in [2.24, 2.45) is 0 Å². The molecule has 0 saturated carbocycles. The van der Waals surface area contributed by atoms with Gasteiger partial charge in [-0.3, -0.25) is 0 Å². The lowest BCUT2D eigenvalue weighted by atomic mass is 9.96. The summed E-state index contributed by atoms with van der Waals surface area (Å²) < 4.78 is 5.01. The van der Waals surface area contributed by atoms with E-state index in [4.69, 9.17) is 0 Å². The molecular weight excluding hydrogens is 733 g/mol. The van der Waals surface area contributed by atoms with Crippen molar-refractivity contribution in [2.75, 3.05) is 4.90 Å². The molecule has 276 valence electrons. The summed E-state index contributed by atoms with van der Waals surface area (Å²) in [5, 5.41) is 10.1. The number of nitrogens with zero attached hydrogens (tertiary/aromatic N) is 2. The molecule has 0 fully saturated rings. The van der Waals surface area contributed by atoms with E-state index in [1.807, 2.05) is 11.3 Å². The van der Waals surface area contributed by atoms with E-state index in [9.17, 15) is 0 Å². The molecule has 0 unspecified atom stereocenters. The Morgan fingerprint density at radius 1 is 0.339 bits per heavy atom. The summed E-state index contributed by atoms with van der Waals surface area (Å²) in [4.78, 5) is 2.46. The number of benzene rings is 10. The maximum atomic E-state index is 2.46. The maximum absolute atomic E-state index is 2.46. The van der Waals surface area contributed by atoms with E-state index >= 15 is 0 Å². The second kappa shape index (κ2) is 13.6. The Bertz CT molecular complexity index is 3560. The van der Waals surface area contributed by atoms with Gasteiger partial charge in [0.1, 0.15) is 0 Å². The van der Waals surface area contributed by atoms with Crippen LogP contribution in [0.15, 0.2) is 218 Å². The normalized spacial score (nSPS) is 11.7. The first-order chi connectivity index (χ1) is 29.2. The molecule has 2 nitrogen and oxygen atoms in total. The summed E-state index contributed by atoms with van der Waals surface area (Å²) >= 11 is 1.88. The minimum atomic E-state index is 1.11. The van der Waals surface area contributed by atoms with E-state index < -0.39 is 0 Å². The predicted octanol–water partition coefficient (Wildman–Crippen LogP) is 16.3. The highest BCUT2D eigenvalue weighted by Gasteiger charge is 2.21. The minimum Gasteiger partial charge on any atom is -0.310 e. The molecule has 0 spiro atoms. The summed E-state index contributed by atoms with van der Waals surface area (Å²) in [7, 11) is 0. The molecule has 59 heavy (non-hydrogen) atoms. The fraction of sp³-hybridized carbons (Fsp3) is 0. The molecule has 0 radical (unpaired) electrons. The lowest BCUT2D eigenvalue weighted by Gasteiger charge is -2.27. The van der Waals surface area contributed by atoms with Crippen molar-refractivity contribution in [3.8, 4) is 27.9 Å². The minimum absolute atomic E-state index is 1.11. The Balaban J connectivity index is 1.10. The average molecular weight is 769 g/mol. The quantitative estimate of drug-likeness (QED) is 0.164. The van der Waals surface area contributed by atoms with Gasteiger partial charge in [0.05, 0.1) is 11.0 Å². The number of thiophene rings is 1. The highest BCUT2D eigenvalue weighted by molar-refractivity contribution is 7.26. The third-order valence-electron chi connectivity index (χ3n) is 11.9. The largest absolute Gasteiger partial charge is 0.310 e. The SMILES string of the molecule is c1ccc(-c2cccc(-n3c4ccccc4c4cc(N(c5cc(-c6ccccc6)c6ccccc6c5)c5ccc6c(c5)sc5ccc7ccccc7c56)ccc43)c2)cc1. The number of para-hydroxylation sites is 1. The zero-order chi connectivity index (χ0) is 38.9. The van der Waals surface area contributed by atoms with Gasteiger partial charge in [0.2, 0.25) is 0 Å². The van der Waals surface area contributed by atoms with Gasteiger partial charge in [-0.1, -0.05) is 152 Å². The smallest absolute Gasteiger partial charge is 0.0542 e. The van der Waals surface area contributed by atoms with Crippen molar-refractivity contribution in [3.63, 3.8) is 0 Å². The van der Waals surface area contributed by atoms with Gasteiger partial charge in [0.15, 0.2) is 0 Å². The van der Waals surface area contributed by atoms with Crippen molar-refractivity contribution in [1.29, 1.82) is 0 Å². The maximum Gasteiger partial charge on any atom is 0.0542 e. The molecule has 0 aliphatic heterocycles. The molecule has 10 aromatic carbocycles. The van der Waals surface area contributed by atoms with Gasteiger partial charge in [0.25, 0.3) is 0 Å². The molecule has 0 N–H and O–H groups in total. The van der Waals surface area contributed by atoms with Gasteiger partial charge in [-0.15, -0.1) is 11.3 Å². The van der Waals surface area contributed by atoms with Gasteiger partial charge in [-0.05, 0) is 111 Å². The van der Waals surface area contributed by atoms with Crippen LogP contribution in [-0.4, -0.2) is 4.57 Å². The molecular formula is C56H36N2S. The van der Waals surface area contributed by atoms with Crippen LogP contribution in [0.3, 0.4) is 0 Å². The average Bonchev–Trinajstić information content (AvgIpc) is 3.85. The molecule has 0 amide bonds. The van der Waals surface area contributed by atoms with Crippen LogP contribution in [-0.2, 0) is 0 Å². The van der Waals surface area contributed by atoms with Crippen LogP contribution in [0.25, 0.3) is 91.5 Å². The van der Waals surface area contributed by atoms with Crippen molar-refractivity contribution >= 4 is 91.9 Å². The number of rotatable bonds is 6. The fourth-order valence-corrected chi connectivity index (χ4v) is 10.4. The summed E-state index contributed by atoms with van der Waals surface area (Å²) in [5.41, 5.74) is 11.7. The van der Waals surface area contributed by atoms with E-state index in [0.717, 1.165) is 22.7 Å². The highest BCUT2D eigenvalue weighted by Crippen LogP contribution is 2.46. The van der Waals surface area contributed by atoms with Gasteiger partial charge >= 0.3 is 0 Å². The standard InChI is InChI=1S/C56H36N2S/c1-3-14-37(15-4-1)40-20-13-21-42(32-40)58-52-25-12-11-24-48(52)51-34-43(28-30-53(51)58)57(45-33-41-19-8-9-22-46(41)50(35-45)38-16-5-2-6-17-38)44-27-29-49-55(36-44)59-54-31-26-39-18-7-10-23-47(39)56(49)54/h1-36H. The Labute approximate surface area is 346 Å². The lowest BCUT2D eigenvalue weighted by molar-refractivity contribution is 1.18. The van der Waals surface area contributed by atoms with Crippen molar-refractivity contribution < 1.29 is 0 Å². The van der Waals surface area contributed by atoms with Gasteiger partial charge in [-0.2, -0.15) is 0 Å². The first-order valence-electron chi connectivity index (χ1n) is 20.2. The lowest BCUT2D eigenvalue weighted by Crippen LogP contribution is -2.10. The highest BCUT2D eigenvalue weighted by atomic mass is 32.1. The number of anilines is 3. The third-order valence-corrected chi connectivity index (χ3v) is 13.0. The molecule has 12 rings (SSSR count). The van der Waals surface area contributed by atoms with Crippen LogP contribution in [0.4, 0.5) is 17.1 Å². The molecule has 2 aromatic heterocycles.